The molecule has 1 heterocycles. The Balaban J connectivity index is 1.43. The summed E-state index contributed by atoms with van der Waals surface area (Å²) in [4.78, 5) is 9.09. The summed E-state index contributed by atoms with van der Waals surface area (Å²) in [6.45, 7) is 2.82. The summed E-state index contributed by atoms with van der Waals surface area (Å²) in [6.07, 6.45) is 15.6. The van der Waals surface area contributed by atoms with Crippen LogP contribution < -0.4 is 4.74 Å². The van der Waals surface area contributed by atoms with Crippen molar-refractivity contribution in [2.45, 2.75) is 76.7 Å². The number of benzene rings is 2. The van der Waals surface area contributed by atoms with Gasteiger partial charge in [-0.15, -0.1) is 0 Å². The van der Waals surface area contributed by atoms with Gasteiger partial charge in [0, 0.05) is 5.56 Å². The quantitative estimate of drug-likeness (QED) is 0.340. The average molecular weight is 415 g/mol. The SMILES string of the molecule is CCCCCC1(c2ccc(-c3ncc(OCc4ccccc4)cn3)cc2)CCCCC1. The Labute approximate surface area is 186 Å². The van der Waals surface area contributed by atoms with Crippen molar-refractivity contribution in [1.29, 1.82) is 0 Å². The van der Waals surface area contributed by atoms with Crippen LogP contribution in [0, 0.1) is 0 Å². The van der Waals surface area contributed by atoms with Crippen LogP contribution in [0.15, 0.2) is 67.0 Å². The molecule has 0 spiro atoms. The van der Waals surface area contributed by atoms with Gasteiger partial charge in [-0.3, -0.25) is 0 Å². The van der Waals surface area contributed by atoms with Crippen molar-refractivity contribution in [2.24, 2.45) is 0 Å². The van der Waals surface area contributed by atoms with Gasteiger partial charge in [0.05, 0.1) is 12.4 Å². The average Bonchev–Trinajstić information content (AvgIpc) is 2.85. The Morgan fingerprint density at radius 1 is 0.839 bits per heavy atom. The molecule has 1 aliphatic carbocycles. The fourth-order valence-electron chi connectivity index (χ4n) is 4.88. The van der Waals surface area contributed by atoms with Crippen LogP contribution in [0.3, 0.4) is 0 Å². The van der Waals surface area contributed by atoms with Crippen molar-refractivity contribution in [1.82, 2.24) is 9.97 Å². The number of unbranched alkanes of at least 4 members (excludes halogenated alkanes) is 2. The molecular formula is C28H34N2O. The van der Waals surface area contributed by atoms with Gasteiger partial charge in [-0.05, 0) is 35.8 Å². The molecule has 1 aromatic heterocycles. The van der Waals surface area contributed by atoms with E-state index in [0.717, 1.165) is 17.0 Å². The van der Waals surface area contributed by atoms with E-state index in [0.29, 0.717) is 17.8 Å². The van der Waals surface area contributed by atoms with Crippen LogP contribution in [0.1, 0.15) is 75.8 Å². The number of rotatable bonds is 9. The van der Waals surface area contributed by atoms with Crippen LogP contribution in [-0.2, 0) is 12.0 Å². The highest BCUT2D eigenvalue weighted by molar-refractivity contribution is 5.56. The van der Waals surface area contributed by atoms with Crippen molar-refractivity contribution < 1.29 is 4.74 Å². The molecule has 0 atom stereocenters. The fourth-order valence-corrected chi connectivity index (χ4v) is 4.88. The monoisotopic (exact) mass is 414 g/mol. The van der Waals surface area contributed by atoms with Crippen LogP contribution >= 0.6 is 0 Å². The molecule has 3 heteroatoms. The number of ether oxygens (including phenoxy) is 1. The third kappa shape index (κ3) is 5.52. The number of hydrogen-bond donors (Lipinski definition) is 0. The van der Waals surface area contributed by atoms with Gasteiger partial charge in [0.2, 0.25) is 0 Å². The van der Waals surface area contributed by atoms with E-state index < -0.39 is 0 Å². The zero-order valence-electron chi connectivity index (χ0n) is 18.7. The van der Waals surface area contributed by atoms with Crippen LogP contribution in [-0.4, -0.2) is 9.97 Å². The molecular weight excluding hydrogens is 380 g/mol. The van der Waals surface area contributed by atoms with E-state index in [1.807, 2.05) is 18.2 Å². The third-order valence-corrected chi connectivity index (χ3v) is 6.70. The lowest BCUT2D eigenvalue weighted by molar-refractivity contribution is 0.266. The van der Waals surface area contributed by atoms with Gasteiger partial charge in [-0.2, -0.15) is 0 Å². The molecule has 1 aliphatic rings. The van der Waals surface area contributed by atoms with Gasteiger partial charge < -0.3 is 4.74 Å². The molecule has 162 valence electrons. The van der Waals surface area contributed by atoms with E-state index in [1.54, 1.807) is 12.4 Å². The molecule has 0 radical (unpaired) electrons. The second-order valence-corrected chi connectivity index (χ2v) is 8.89. The first-order valence-electron chi connectivity index (χ1n) is 11.9. The molecule has 0 saturated heterocycles. The molecule has 0 unspecified atom stereocenters. The molecule has 0 aliphatic heterocycles. The summed E-state index contributed by atoms with van der Waals surface area (Å²) in [6, 6.07) is 19.2. The van der Waals surface area contributed by atoms with Crippen molar-refractivity contribution in [3.8, 4) is 17.1 Å². The second-order valence-electron chi connectivity index (χ2n) is 8.89. The largest absolute Gasteiger partial charge is 0.486 e. The molecule has 3 nitrogen and oxygen atoms in total. The van der Waals surface area contributed by atoms with Gasteiger partial charge >= 0.3 is 0 Å². The molecule has 0 amide bonds. The van der Waals surface area contributed by atoms with Crippen LogP contribution in [0.5, 0.6) is 5.75 Å². The van der Waals surface area contributed by atoms with E-state index in [-0.39, 0.29) is 0 Å². The summed E-state index contributed by atoms with van der Waals surface area (Å²) >= 11 is 0. The van der Waals surface area contributed by atoms with Crippen molar-refractivity contribution in [3.63, 3.8) is 0 Å². The minimum absolute atomic E-state index is 0.377. The van der Waals surface area contributed by atoms with E-state index in [4.69, 9.17) is 4.74 Å². The summed E-state index contributed by atoms with van der Waals surface area (Å²) < 4.78 is 5.82. The minimum Gasteiger partial charge on any atom is -0.486 e. The van der Waals surface area contributed by atoms with Gasteiger partial charge in [-0.1, -0.05) is 100 Å². The Morgan fingerprint density at radius 3 is 2.23 bits per heavy atom. The topological polar surface area (TPSA) is 35.0 Å². The molecule has 31 heavy (non-hydrogen) atoms. The second kappa shape index (κ2) is 10.6. The van der Waals surface area contributed by atoms with Gasteiger partial charge in [-0.25, -0.2) is 9.97 Å². The normalized spacial score (nSPS) is 15.5. The van der Waals surface area contributed by atoms with Gasteiger partial charge in [0.25, 0.3) is 0 Å². The Kier molecular flexibility index (Phi) is 7.35. The maximum Gasteiger partial charge on any atom is 0.159 e. The standard InChI is InChI=1S/C28H34N2O/c1-2-3-8-17-28(18-9-5-10-19-28)25-15-13-24(14-16-25)27-29-20-26(21-30-27)31-22-23-11-6-4-7-12-23/h4,6-7,11-16,20-21H,2-3,5,8-10,17-19,22H2,1H3. The lowest BCUT2D eigenvalue weighted by atomic mass is 9.66. The van der Waals surface area contributed by atoms with E-state index in [2.05, 4.69) is 53.3 Å². The zero-order chi connectivity index (χ0) is 21.4. The first-order chi connectivity index (χ1) is 15.3. The first kappa shape index (κ1) is 21.5. The Hall–Kier alpha value is -2.68. The van der Waals surface area contributed by atoms with Crippen molar-refractivity contribution in [2.75, 3.05) is 0 Å². The smallest absolute Gasteiger partial charge is 0.159 e. The lowest BCUT2D eigenvalue weighted by Crippen LogP contribution is -2.29. The molecule has 0 N–H and O–H groups in total. The van der Waals surface area contributed by atoms with E-state index >= 15 is 0 Å². The minimum atomic E-state index is 0.377. The third-order valence-electron chi connectivity index (χ3n) is 6.70. The predicted octanol–water partition coefficient (Wildman–Crippen LogP) is 7.50. The molecule has 3 aromatic rings. The molecule has 2 aromatic carbocycles. The van der Waals surface area contributed by atoms with Crippen LogP contribution in [0.25, 0.3) is 11.4 Å². The number of aromatic nitrogens is 2. The van der Waals surface area contributed by atoms with Crippen molar-refractivity contribution >= 4 is 0 Å². The highest BCUT2D eigenvalue weighted by atomic mass is 16.5. The van der Waals surface area contributed by atoms with Crippen molar-refractivity contribution in [3.05, 3.63) is 78.1 Å². The summed E-state index contributed by atoms with van der Waals surface area (Å²) in [5.41, 5.74) is 4.09. The molecule has 1 saturated carbocycles. The lowest BCUT2D eigenvalue weighted by Gasteiger charge is -2.38. The first-order valence-corrected chi connectivity index (χ1v) is 11.9. The maximum absolute atomic E-state index is 5.82. The molecule has 1 fully saturated rings. The van der Waals surface area contributed by atoms with Crippen LogP contribution in [0.4, 0.5) is 0 Å². The van der Waals surface area contributed by atoms with Crippen LogP contribution in [0.2, 0.25) is 0 Å². The van der Waals surface area contributed by atoms with Gasteiger partial charge in [0.15, 0.2) is 11.6 Å². The maximum atomic E-state index is 5.82. The fraction of sp³-hybridized carbons (Fsp3) is 0.429. The summed E-state index contributed by atoms with van der Waals surface area (Å²) in [5.74, 6) is 1.45. The molecule has 0 bridgehead atoms. The number of hydrogen-bond acceptors (Lipinski definition) is 3. The van der Waals surface area contributed by atoms with E-state index in [9.17, 15) is 0 Å². The highest BCUT2D eigenvalue weighted by Gasteiger charge is 2.33. The Morgan fingerprint density at radius 2 is 1.55 bits per heavy atom. The summed E-state index contributed by atoms with van der Waals surface area (Å²) in [5, 5.41) is 0. The molecule has 4 rings (SSSR count). The Bertz CT molecular complexity index is 913. The van der Waals surface area contributed by atoms with E-state index in [1.165, 1.54) is 63.4 Å². The number of nitrogens with zero attached hydrogens (tertiary/aromatic N) is 2. The predicted molar refractivity (Wildman–Crippen MR) is 127 cm³/mol. The zero-order valence-corrected chi connectivity index (χ0v) is 18.7. The van der Waals surface area contributed by atoms with Gasteiger partial charge in [0.1, 0.15) is 6.61 Å². The highest BCUT2D eigenvalue weighted by Crippen LogP contribution is 2.43. The summed E-state index contributed by atoms with van der Waals surface area (Å²) in [7, 11) is 0.